The van der Waals surface area contributed by atoms with Crippen LogP contribution in [0.5, 0.6) is 0 Å². The van der Waals surface area contributed by atoms with Gasteiger partial charge in [0.1, 0.15) is 11.5 Å². The van der Waals surface area contributed by atoms with Crippen LogP contribution in [0.3, 0.4) is 0 Å². The van der Waals surface area contributed by atoms with Crippen molar-refractivity contribution in [1.82, 2.24) is 14.9 Å². The molecule has 1 aromatic carbocycles. The van der Waals surface area contributed by atoms with Crippen LogP contribution in [-0.2, 0) is 0 Å². The summed E-state index contributed by atoms with van der Waals surface area (Å²) >= 11 is 0. The maximum atomic E-state index is 12.9. The normalized spacial score (nSPS) is 14.4. The summed E-state index contributed by atoms with van der Waals surface area (Å²) in [6.07, 6.45) is 1.96. The lowest BCUT2D eigenvalue weighted by atomic mass is 10.1. The van der Waals surface area contributed by atoms with Crippen molar-refractivity contribution >= 4 is 5.91 Å². The van der Waals surface area contributed by atoms with Crippen LogP contribution in [0.25, 0.3) is 11.3 Å². The zero-order chi connectivity index (χ0) is 14.8. The summed E-state index contributed by atoms with van der Waals surface area (Å²) in [4.78, 5) is 32.0. The van der Waals surface area contributed by atoms with Crippen LogP contribution in [0.2, 0.25) is 0 Å². The fraction of sp³-hybridized carbons (Fsp3) is 0.267. The van der Waals surface area contributed by atoms with Crippen molar-refractivity contribution in [3.8, 4) is 11.3 Å². The number of nitrogens with zero attached hydrogens (tertiary/aromatic N) is 2. The van der Waals surface area contributed by atoms with E-state index in [1.165, 1.54) is 30.3 Å². The third kappa shape index (κ3) is 2.84. The lowest BCUT2D eigenvalue weighted by molar-refractivity contribution is 0.0786. The van der Waals surface area contributed by atoms with E-state index in [9.17, 15) is 14.0 Å². The number of nitrogens with one attached hydrogen (secondary N) is 1. The van der Waals surface area contributed by atoms with Crippen molar-refractivity contribution in [2.45, 2.75) is 12.8 Å². The van der Waals surface area contributed by atoms with Crippen molar-refractivity contribution in [3.05, 3.63) is 52.3 Å². The largest absolute Gasteiger partial charge is 0.346 e. The topological polar surface area (TPSA) is 66.1 Å². The lowest BCUT2D eigenvalue weighted by Crippen LogP contribution is -2.30. The highest BCUT2D eigenvalue weighted by Gasteiger charge is 2.21. The van der Waals surface area contributed by atoms with E-state index in [1.807, 2.05) is 0 Å². The average molecular weight is 287 g/mol. The number of rotatable bonds is 2. The molecular formula is C15H14FN3O2. The summed E-state index contributed by atoms with van der Waals surface area (Å²) in [6, 6.07) is 7.18. The molecule has 6 heteroatoms. The molecule has 21 heavy (non-hydrogen) atoms. The van der Waals surface area contributed by atoms with Crippen molar-refractivity contribution in [2.75, 3.05) is 13.1 Å². The number of H-pyrrole nitrogens is 1. The van der Waals surface area contributed by atoms with Gasteiger partial charge in [0.25, 0.3) is 5.91 Å². The van der Waals surface area contributed by atoms with Gasteiger partial charge in [-0.15, -0.1) is 0 Å². The summed E-state index contributed by atoms with van der Waals surface area (Å²) < 4.78 is 12.9. The summed E-state index contributed by atoms with van der Waals surface area (Å²) in [5.74, 6) is -0.563. The summed E-state index contributed by atoms with van der Waals surface area (Å²) in [5.41, 5.74) is 0.592. The molecule has 3 rings (SSSR count). The highest BCUT2D eigenvalue weighted by molar-refractivity contribution is 5.93. The van der Waals surface area contributed by atoms with Crippen LogP contribution in [-0.4, -0.2) is 33.9 Å². The number of carbonyl (C=O) groups is 1. The molecule has 2 aromatic rings. The number of amides is 1. The molecule has 1 fully saturated rings. The second kappa shape index (κ2) is 5.47. The number of carbonyl (C=O) groups excluding carboxylic acids is 1. The molecule has 0 saturated carbocycles. The second-order valence-electron chi connectivity index (χ2n) is 4.99. The first kappa shape index (κ1) is 13.5. The van der Waals surface area contributed by atoms with E-state index in [0.717, 1.165) is 12.8 Å². The predicted octanol–water partition coefficient (Wildman–Crippen LogP) is 1.81. The molecule has 2 heterocycles. The minimum atomic E-state index is -0.584. The third-order valence-corrected chi connectivity index (χ3v) is 3.51. The van der Waals surface area contributed by atoms with Crippen LogP contribution >= 0.6 is 0 Å². The van der Waals surface area contributed by atoms with Gasteiger partial charge in [0.15, 0.2) is 0 Å². The van der Waals surface area contributed by atoms with Crippen LogP contribution < -0.4 is 5.69 Å². The molecule has 1 saturated heterocycles. The van der Waals surface area contributed by atoms with Crippen LogP contribution in [0.1, 0.15) is 23.3 Å². The standard InChI is InChI=1S/C15H14FN3O2/c16-11-5-3-10(4-6-11)12-9-13(18-15(21)17-12)14(20)19-7-1-2-8-19/h3-6,9H,1-2,7-8H2,(H,17,18,21). The molecule has 108 valence electrons. The second-order valence-corrected chi connectivity index (χ2v) is 4.99. The fourth-order valence-electron chi connectivity index (χ4n) is 2.43. The van der Waals surface area contributed by atoms with Gasteiger partial charge in [0, 0.05) is 18.7 Å². The number of halogens is 1. The zero-order valence-electron chi connectivity index (χ0n) is 11.3. The molecule has 0 spiro atoms. The molecule has 5 nitrogen and oxygen atoms in total. The zero-order valence-corrected chi connectivity index (χ0v) is 11.3. The van der Waals surface area contributed by atoms with E-state index < -0.39 is 5.69 Å². The van der Waals surface area contributed by atoms with Crippen LogP contribution in [0.15, 0.2) is 35.1 Å². The molecule has 0 atom stereocenters. The number of likely N-dealkylation sites (tertiary alicyclic amines) is 1. The first-order valence-corrected chi connectivity index (χ1v) is 6.80. The smallest absolute Gasteiger partial charge is 0.337 e. The van der Waals surface area contributed by atoms with Gasteiger partial charge < -0.3 is 9.88 Å². The number of aromatic amines is 1. The maximum absolute atomic E-state index is 12.9. The minimum absolute atomic E-state index is 0.199. The maximum Gasteiger partial charge on any atom is 0.346 e. The lowest BCUT2D eigenvalue weighted by Gasteiger charge is -2.15. The molecule has 1 aliphatic rings. The first-order chi connectivity index (χ1) is 10.1. The molecular weight excluding hydrogens is 273 g/mol. The highest BCUT2D eigenvalue weighted by Crippen LogP contribution is 2.18. The Bertz CT molecular complexity index is 718. The Morgan fingerprint density at radius 3 is 2.52 bits per heavy atom. The summed E-state index contributed by atoms with van der Waals surface area (Å²) in [5, 5.41) is 0. The van der Waals surface area contributed by atoms with Gasteiger partial charge in [-0.2, -0.15) is 4.98 Å². The number of hydrogen-bond donors (Lipinski definition) is 1. The van der Waals surface area contributed by atoms with E-state index in [4.69, 9.17) is 0 Å². The molecule has 0 aliphatic carbocycles. The molecule has 0 radical (unpaired) electrons. The quantitative estimate of drug-likeness (QED) is 0.916. The van der Waals surface area contributed by atoms with Crippen molar-refractivity contribution in [3.63, 3.8) is 0 Å². The first-order valence-electron chi connectivity index (χ1n) is 6.80. The minimum Gasteiger partial charge on any atom is -0.337 e. The average Bonchev–Trinajstić information content (AvgIpc) is 3.00. The van der Waals surface area contributed by atoms with Crippen molar-refractivity contribution in [1.29, 1.82) is 0 Å². The molecule has 1 aromatic heterocycles. The van der Waals surface area contributed by atoms with E-state index in [0.29, 0.717) is 24.3 Å². The Labute approximate surface area is 120 Å². The summed E-state index contributed by atoms with van der Waals surface area (Å²) in [6.45, 7) is 1.41. The molecule has 1 N–H and O–H groups in total. The van der Waals surface area contributed by atoms with Gasteiger partial charge in [0.2, 0.25) is 0 Å². The van der Waals surface area contributed by atoms with Crippen molar-refractivity contribution in [2.24, 2.45) is 0 Å². The SMILES string of the molecule is O=C(c1cc(-c2ccc(F)cc2)nc(=O)[nH]1)N1CCCC1. The van der Waals surface area contributed by atoms with Gasteiger partial charge in [0.05, 0.1) is 5.69 Å². The van der Waals surface area contributed by atoms with Gasteiger partial charge in [-0.25, -0.2) is 9.18 Å². The molecule has 1 amide bonds. The molecule has 1 aliphatic heterocycles. The monoisotopic (exact) mass is 287 g/mol. The van der Waals surface area contributed by atoms with Gasteiger partial charge in [-0.3, -0.25) is 4.79 Å². The van der Waals surface area contributed by atoms with Gasteiger partial charge in [-0.1, -0.05) is 0 Å². The van der Waals surface area contributed by atoms with Gasteiger partial charge >= 0.3 is 5.69 Å². The number of hydrogen-bond acceptors (Lipinski definition) is 3. The summed E-state index contributed by atoms with van der Waals surface area (Å²) in [7, 11) is 0. The van der Waals surface area contributed by atoms with E-state index in [1.54, 1.807) is 4.90 Å². The van der Waals surface area contributed by atoms with Crippen LogP contribution in [0, 0.1) is 5.82 Å². The Balaban J connectivity index is 1.98. The van der Waals surface area contributed by atoms with E-state index in [-0.39, 0.29) is 17.4 Å². The van der Waals surface area contributed by atoms with E-state index in [2.05, 4.69) is 9.97 Å². The fourth-order valence-corrected chi connectivity index (χ4v) is 2.43. The third-order valence-electron chi connectivity index (χ3n) is 3.51. The van der Waals surface area contributed by atoms with Crippen LogP contribution in [0.4, 0.5) is 4.39 Å². The van der Waals surface area contributed by atoms with Crippen molar-refractivity contribution < 1.29 is 9.18 Å². The Kier molecular flexibility index (Phi) is 3.51. The predicted molar refractivity (Wildman–Crippen MR) is 75.4 cm³/mol. The van der Waals surface area contributed by atoms with E-state index >= 15 is 0 Å². The molecule has 0 bridgehead atoms. The molecule has 0 unspecified atom stereocenters. The number of aromatic nitrogens is 2. The Hall–Kier alpha value is -2.50. The highest BCUT2D eigenvalue weighted by atomic mass is 19.1. The Morgan fingerprint density at radius 2 is 1.86 bits per heavy atom. The van der Waals surface area contributed by atoms with Gasteiger partial charge in [-0.05, 0) is 43.2 Å². The number of benzene rings is 1. The Morgan fingerprint density at radius 1 is 1.19 bits per heavy atom.